The van der Waals surface area contributed by atoms with Gasteiger partial charge in [0.05, 0.1) is 0 Å². The minimum atomic E-state index is 0.297. The van der Waals surface area contributed by atoms with Gasteiger partial charge in [-0.15, -0.1) is 0 Å². The molecule has 0 atom stereocenters. The maximum absolute atomic E-state index is 2.44. The third kappa shape index (κ3) is 4.22. The van der Waals surface area contributed by atoms with Crippen molar-refractivity contribution in [2.24, 2.45) is 0 Å². The van der Waals surface area contributed by atoms with Crippen LogP contribution in [0.5, 0.6) is 0 Å². The lowest BCUT2D eigenvalue weighted by molar-refractivity contribution is 1.18. The normalized spacial score (nSPS) is 11.0. The molecule has 1 radical (unpaired) electrons. The Hall–Kier alpha value is 0.217. The molecule has 0 saturated carbocycles. The first-order chi connectivity index (χ1) is 2.91. The fourth-order valence-electron chi connectivity index (χ4n) is 0.408. The van der Waals surface area contributed by atoms with E-state index in [1.54, 1.807) is 0 Å². The van der Waals surface area contributed by atoms with Crippen LogP contribution >= 0.6 is 0 Å². The molecule has 0 saturated heterocycles. The van der Waals surface area contributed by atoms with Crippen molar-refractivity contribution in [2.45, 2.75) is 26.3 Å². The smallest absolute Gasteiger partial charge is 0.0228 e. The fourth-order valence-corrected chi connectivity index (χ4v) is 1.22. The average molecular weight is 101 g/mol. The Labute approximate surface area is 42.8 Å². The van der Waals surface area contributed by atoms with Crippen LogP contribution in [0, 0.1) is 6.04 Å². The van der Waals surface area contributed by atoms with E-state index in [1.165, 1.54) is 12.5 Å². The molecule has 0 heterocycles. The van der Waals surface area contributed by atoms with E-state index in [2.05, 4.69) is 19.9 Å². The summed E-state index contributed by atoms with van der Waals surface area (Å²) in [4.78, 5) is 0. The van der Waals surface area contributed by atoms with Gasteiger partial charge >= 0.3 is 0 Å². The van der Waals surface area contributed by atoms with Crippen molar-refractivity contribution in [1.82, 2.24) is 0 Å². The molecule has 0 aliphatic heterocycles. The van der Waals surface area contributed by atoms with Gasteiger partial charge in [-0.25, -0.2) is 0 Å². The Balaban J connectivity index is 2.34. The van der Waals surface area contributed by atoms with E-state index in [0.29, 0.717) is 9.52 Å². The Morgan fingerprint density at radius 2 is 2.17 bits per heavy atom. The van der Waals surface area contributed by atoms with Crippen LogP contribution in [0.15, 0.2) is 0 Å². The topological polar surface area (TPSA) is 0 Å². The van der Waals surface area contributed by atoms with Gasteiger partial charge in [-0.1, -0.05) is 32.4 Å². The minimum Gasteiger partial charge on any atom is -0.0683 e. The van der Waals surface area contributed by atoms with E-state index in [0.717, 1.165) is 0 Å². The van der Waals surface area contributed by atoms with Crippen molar-refractivity contribution in [2.75, 3.05) is 0 Å². The van der Waals surface area contributed by atoms with Crippen LogP contribution in [-0.4, -0.2) is 9.52 Å². The van der Waals surface area contributed by atoms with Crippen molar-refractivity contribution in [3.63, 3.8) is 0 Å². The molecule has 0 spiro atoms. The summed E-state index contributed by atoms with van der Waals surface area (Å²) < 4.78 is 0. The Kier molecular flexibility index (Phi) is 5.41. The van der Waals surface area contributed by atoms with E-state index >= 15 is 0 Å². The van der Waals surface area contributed by atoms with Crippen molar-refractivity contribution < 1.29 is 0 Å². The van der Waals surface area contributed by atoms with Gasteiger partial charge in [-0.2, -0.15) is 0 Å². The molecule has 0 rings (SSSR count). The van der Waals surface area contributed by atoms with Gasteiger partial charge in [-0.3, -0.25) is 0 Å². The summed E-state index contributed by atoms with van der Waals surface area (Å²) in [5.41, 5.74) is 0. The number of hydrogen-bond donors (Lipinski definition) is 0. The van der Waals surface area contributed by atoms with Crippen LogP contribution in [0.25, 0.3) is 0 Å². The predicted octanol–water partition coefficient (Wildman–Crippen LogP) is 1.17. The Bertz CT molecular complexity index is 15.9. The molecular formula is C5H13Si. The zero-order valence-corrected chi connectivity index (χ0v) is 6.11. The van der Waals surface area contributed by atoms with Crippen molar-refractivity contribution in [1.29, 1.82) is 0 Å². The minimum absolute atomic E-state index is 0.297. The van der Waals surface area contributed by atoms with Gasteiger partial charge in [0.1, 0.15) is 0 Å². The fraction of sp³-hybridized carbons (Fsp3) is 0.800. The van der Waals surface area contributed by atoms with Crippen LogP contribution in [0.1, 0.15) is 20.3 Å². The molecule has 0 aromatic rings. The SMILES string of the molecule is CC[CH][SiH2]CC. The molecule has 0 amide bonds. The molecule has 0 nitrogen and oxygen atoms in total. The molecule has 6 heavy (non-hydrogen) atoms. The van der Waals surface area contributed by atoms with Crippen molar-refractivity contribution >= 4 is 9.52 Å². The van der Waals surface area contributed by atoms with Gasteiger partial charge in [0.2, 0.25) is 0 Å². The maximum Gasteiger partial charge on any atom is 0.0228 e. The molecule has 0 aromatic carbocycles. The third-order valence-electron chi connectivity index (χ3n) is 0.781. The van der Waals surface area contributed by atoms with Gasteiger partial charge in [0, 0.05) is 9.52 Å². The molecule has 37 valence electrons. The highest BCUT2D eigenvalue weighted by Crippen LogP contribution is 1.83. The van der Waals surface area contributed by atoms with E-state index in [-0.39, 0.29) is 0 Å². The van der Waals surface area contributed by atoms with Crippen LogP contribution in [0.2, 0.25) is 6.04 Å². The molecule has 0 bridgehead atoms. The van der Waals surface area contributed by atoms with Gasteiger partial charge in [-0.05, 0) is 0 Å². The summed E-state index contributed by atoms with van der Waals surface area (Å²) in [7, 11) is 0.297. The zero-order chi connectivity index (χ0) is 4.83. The monoisotopic (exact) mass is 101 g/mol. The molecule has 0 fully saturated rings. The molecule has 0 aromatic heterocycles. The maximum atomic E-state index is 2.44. The second-order valence-electron chi connectivity index (χ2n) is 1.49. The molecule has 0 unspecified atom stereocenters. The second kappa shape index (κ2) is 5.22. The first-order valence-corrected chi connectivity index (χ1v) is 4.55. The number of hydrogen-bond acceptors (Lipinski definition) is 0. The van der Waals surface area contributed by atoms with Crippen molar-refractivity contribution in [3.8, 4) is 0 Å². The highest BCUT2D eigenvalue weighted by Gasteiger charge is 1.77. The van der Waals surface area contributed by atoms with E-state index in [4.69, 9.17) is 0 Å². The molecule has 0 N–H and O–H groups in total. The second-order valence-corrected chi connectivity index (χ2v) is 3.64. The van der Waals surface area contributed by atoms with Crippen LogP contribution < -0.4 is 0 Å². The van der Waals surface area contributed by atoms with Gasteiger partial charge < -0.3 is 0 Å². The third-order valence-corrected chi connectivity index (χ3v) is 2.34. The van der Waals surface area contributed by atoms with Crippen LogP contribution in [0.4, 0.5) is 0 Å². The standard InChI is InChI=1S/C5H13Si/c1-3-5-6-4-2/h5H,3-4,6H2,1-2H3. The van der Waals surface area contributed by atoms with Crippen molar-refractivity contribution in [3.05, 3.63) is 6.04 Å². The summed E-state index contributed by atoms with van der Waals surface area (Å²) in [6.07, 6.45) is 1.29. The highest BCUT2D eigenvalue weighted by atomic mass is 28.2. The first kappa shape index (κ1) is 6.22. The van der Waals surface area contributed by atoms with E-state index in [9.17, 15) is 0 Å². The largest absolute Gasteiger partial charge is 0.0683 e. The zero-order valence-electron chi connectivity index (χ0n) is 4.70. The first-order valence-electron chi connectivity index (χ1n) is 2.73. The highest BCUT2D eigenvalue weighted by molar-refractivity contribution is 6.39. The summed E-state index contributed by atoms with van der Waals surface area (Å²) in [6, 6.07) is 3.88. The lowest BCUT2D eigenvalue weighted by Gasteiger charge is -1.84. The summed E-state index contributed by atoms with van der Waals surface area (Å²) in [5, 5.41) is 0. The van der Waals surface area contributed by atoms with Gasteiger partial charge in [0.25, 0.3) is 0 Å². The lowest BCUT2D eigenvalue weighted by atomic mass is 10.6. The summed E-state index contributed by atoms with van der Waals surface area (Å²) >= 11 is 0. The summed E-state index contributed by atoms with van der Waals surface area (Å²) in [5.74, 6) is 0. The number of rotatable bonds is 3. The van der Waals surface area contributed by atoms with E-state index < -0.39 is 0 Å². The Morgan fingerprint density at radius 3 is 2.33 bits per heavy atom. The molecular weight excluding hydrogens is 88.1 g/mol. The molecule has 1 heteroatoms. The van der Waals surface area contributed by atoms with Crippen LogP contribution in [0.3, 0.4) is 0 Å². The Morgan fingerprint density at radius 1 is 1.50 bits per heavy atom. The molecule has 0 aliphatic carbocycles. The average Bonchev–Trinajstić information content (AvgIpc) is 1.61. The van der Waals surface area contributed by atoms with E-state index in [1.807, 2.05) is 0 Å². The predicted molar refractivity (Wildman–Crippen MR) is 33.6 cm³/mol. The van der Waals surface area contributed by atoms with Crippen LogP contribution in [-0.2, 0) is 0 Å². The van der Waals surface area contributed by atoms with Gasteiger partial charge in [0.15, 0.2) is 0 Å². The lowest BCUT2D eigenvalue weighted by Crippen LogP contribution is -1.83. The quantitative estimate of drug-likeness (QED) is 0.370. The molecule has 0 aliphatic rings. The summed E-state index contributed by atoms with van der Waals surface area (Å²) in [6.45, 7) is 4.47.